The highest BCUT2D eigenvalue weighted by molar-refractivity contribution is 6.30. The van der Waals surface area contributed by atoms with Crippen LogP contribution in [0.2, 0.25) is 5.02 Å². The number of anilines is 1. The molecule has 1 aliphatic heterocycles. The third kappa shape index (κ3) is 3.80. The van der Waals surface area contributed by atoms with Crippen molar-refractivity contribution in [1.29, 1.82) is 0 Å². The molecule has 0 bridgehead atoms. The fraction of sp³-hybridized carbons (Fsp3) is 0.412. The number of carbonyl (C=O) groups excluding carboxylic acids is 1. The molecule has 0 spiro atoms. The van der Waals surface area contributed by atoms with Gasteiger partial charge in [0.1, 0.15) is 17.5 Å². The summed E-state index contributed by atoms with van der Waals surface area (Å²) in [6.07, 6.45) is -3.25. The first-order valence-electron chi connectivity index (χ1n) is 8.06. The van der Waals surface area contributed by atoms with Gasteiger partial charge in [0, 0.05) is 38.0 Å². The van der Waals surface area contributed by atoms with Crippen LogP contribution in [0.5, 0.6) is 5.75 Å². The lowest BCUT2D eigenvalue weighted by molar-refractivity contribution is -0.141. The highest BCUT2D eigenvalue weighted by atomic mass is 35.5. The van der Waals surface area contributed by atoms with Crippen molar-refractivity contribution in [2.75, 3.05) is 18.0 Å². The van der Waals surface area contributed by atoms with Crippen molar-refractivity contribution in [3.05, 3.63) is 40.7 Å². The lowest BCUT2D eigenvalue weighted by Gasteiger charge is -2.34. The van der Waals surface area contributed by atoms with Gasteiger partial charge < -0.3 is 9.64 Å². The molecule has 1 saturated heterocycles. The Balaban J connectivity index is 1.74. The first-order chi connectivity index (χ1) is 12.3. The third-order valence-corrected chi connectivity index (χ3v) is 4.57. The summed E-state index contributed by atoms with van der Waals surface area (Å²) in [5, 5.41) is 4.10. The van der Waals surface area contributed by atoms with E-state index in [-0.39, 0.29) is 17.5 Å². The van der Waals surface area contributed by atoms with Gasteiger partial charge in [-0.2, -0.15) is 18.3 Å². The molecular formula is C17H17ClF3N3O2. The molecule has 0 unspecified atom stereocenters. The van der Waals surface area contributed by atoms with Crippen LogP contribution in [0.25, 0.3) is 0 Å². The predicted molar refractivity (Wildman–Crippen MR) is 90.9 cm³/mol. The van der Waals surface area contributed by atoms with Crippen LogP contribution in [-0.2, 0) is 13.2 Å². The zero-order valence-corrected chi connectivity index (χ0v) is 14.7. The van der Waals surface area contributed by atoms with Crippen LogP contribution in [0.15, 0.2) is 24.3 Å². The number of halogens is 4. The summed E-state index contributed by atoms with van der Waals surface area (Å²) in [6.45, 7) is 0.682. The summed E-state index contributed by atoms with van der Waals surface area (Å²) in [5.74, 6) is 0.666. The molecule has 1 aromatic carbocycles. The van der Waals surface area contributed by atoms with Gasteiger partial charge in [0.25, 0.3) is 0 Å². The Morgan fingerprint density at radius 2 is 1.85 bits per heavy atom. The molecule has 0 radical (unpaired) electrons. The van der Waals surface area contributed by atoms with E-state index in [0.717, 1.165) is 4.68 Å². The average molecular weight is 388 g/mol. The second-order valence-electron chi connectivity index (χ2n) is 6.08. The third-order valence-electron chi connectivity index (χ3n) is 4.32. The Morgan fingerprint density at radius 3 is 2.38 bits per heavy atom. The monoisotopic (exact) mass is 387 g/mol. The van der Waals surface area contributed by atoms with Crippen LogP contribution < -0.4 is 9.64 Å². The number of aromatic nitrogens is 2. The molecule has 0 N–H and O–H groups in total. The number of benzene rings is 1. The molecule has 3 rings (SSSR count). The molecule has 0 atom stereocenters. The van der Waals surface area contributed by atoms with Gasteiger partial charge in [0.2, 0.25) is 0 Å². The van der Waals surface area contributed by atoms with E-state index < -0.39 is 11.9 Å². The number of nitrogens with zero attached hydrogens (tertiary/aromatic N) is 3. The Morgan fingerprint density at radius 1 is 1.23 bits per heavy atom. The molecule has 1 fully saturated rings. The zero-order valence-electron chi connectivity index (χ0n) is 14.0. The number of alkyl halides is 3. The minimum Gasteiger partial charge on any atom is -0.490 e. The van der Waals surface area contributed by atoms with Crippen molar-refractivity contribution in [2.24, 2.45) is 7.05 Å². The molecule has 1 aromatic heterocycles. The van der Waals surface area contributed by atoms with E-state index in [2.05, 4.69) is 5.10 Å². The van der Waals surface area contributed by atoms with Gasteiger partial charge in [-0.05, 0) is 24.3 Å². The molecule has 0 amide bonds. The predicted octanol–water partition coefficient (Wildman–Crippen LogP) is 3.95. The number of hydrogen-bond donors (Lipinski definition) is 0. The van der Waals surface area contributed by atoms with Crippen LogP contribution in [0.3, 0.4) is 0 Å². The minimum absolute atomic E-state index is 0.0746. The summed E-state index contributed by atoms with van der Waals surface area (Å²) in [4.78, 5) is 12.8. The number of piperidine rings is 1. The van der Waals surface area contributed by atoms with Gasteiger partial charge in [-0.15, -0.1) is 0 Å². The van der Waals surface area contributed by atoms with E-state index >= 15 is 0 Å². The molecule has 2 aromatic rings. The fourth-order valence-electron chi connectivity index (χ4n) is 3.06. The van der Waals surface area contributed by atoms with E-state index in [1.165, 1.54) is 7.05 Å². The summed E-state index contributed by atoms with van der Waals surface area (Å²) in [5.41, 5.74) is -1.26. The molecule has 2 heterocycles. The lowest BCUT2D eigenvalue weighted by Crippen LogP contribution is -2.39. The van der Waals surface area contributed by atoms with Crippen LogP contribution >= 0.6 is 11.6 Å². The standard InChI is InChI=1S/C17H17ClF3N3O2/c1-23-14(10-25)15(16(22-23)17(19,20)21)24-8-6-13(7-9-24)26-12-4-2-11(18)3-5-12/h2-5,10,13H,6-9H2,1H3. The van der Waals surface area contributed by atoms with E-state index in [9.17, 15) is 18.0 Å². The second-order valence-corrected chi connectivity index (χ2v) is 6.52. The fourth-order valence-corrected chi connectivity index (χ4v) is 3.19. The van der Waals surface area contributed by atoms with E-state index in [0.29, 0.717) is 43.0 Å². The maximum Gasteiger partial charge on any atom is 0.437 e. The van der Waals surface area contributed by atoms with Gasteiger partial charge in [0.05, 0.1) is 5.69 Å². The average Bonchev–Trinajstić information content (AvgIpc) is 2.94. The number of rotatable bonds is 4. The highest BCUT2D eigenvalue weighted by Crippen LogP contribution is 2.38. The van der Waals surface area contributed by atoms with Crippen molar-refractivity contribution < 1.29 is 22.7 Å². The van der Waals surface area contributed by atoms with Gasteiger partial charge in [-0.25, -0.2) is 0 Å². The Kier molecular flexibility index (Phi) is 5.13. The number of aldehydes is 1. The topological polar surface area (TPSA) is 47.4 Å². The number of aryl methyl sites for hydroxylation is 1. The van der Waals surface area contributed by atoms with Gasteiger partial charge in [-0.3, -0.25) is 9.48 Å². The molecule has 0 saturated carbocycles. The molecule has 26 heavy (non-hydrogen) atoms. The van der Waals surface area contributed by atoms with Crippen molar-refractivity contribution in [3.8, 4) is 5.75 Å². The number of carbonyl (C=O) groups is 1. The first kappa shape index (κ1) is 18.6. The van der Waals surface area contributed by atoms with Gasteiger partial charge >= 0.3 is 6.18 Å². The summed E-state index contributed by atoms with van der Waals surface area (Å²) in [7, 11) is 1.33. The quantitative estimate of drug-likeness (QED) is 0.745. The minimum atomic E-state index is -4.62. The maximum atomic E-state index is 13.3. The van der Waals surface area contributed by atoms with Crippen LogP contribution in [-0.4, -0.2) is 35.3 Å². The number of ether oxygens (including phenoxy) is 1. The Bertz CT molecular complexity index is 782. The normalized spacial score (nSPS) is 16.0. The van der Waals surface area contributed by atoms with E-state index in [1.54, 1.807) is 29.2 Å². The molecule has 140 valence electrons. The first-order valence-corrected chi connectivity index (χ1v) is 8.44. The molecule has 0 aliphatic carbocycles. The van der Waals surface area contributed by atoms with Crippen LogP contribution in [0, 0.1) is 0 Å². The molecule has 1 aliphatic rings. The zero-order chi connectivity index (χ0) is 18.9. The largest absolute Gasteiger partial charge is 0.490 e. The number of hydrogen-bond acceptors (Lipinski definition) is 4. The second kappa shape index (κ2) is 7.19. The lowest BCUT2D eigenvalue weighted by atomic mass is 10.1. The smallest absolute Gasteiger partial charge is 0.437 e. The van der Waals surface area contributed by atoms with Gasteiger partial charge in [0.15, 0.2) is 12.0 Å². The van der Waals surface area contributed by atoms with Crippen molar-refractivity contribution >= 4 is 23.6 Å². The molecule has 9 heteroatoms. The van der Waals surface area contributed by atoms with E-state index in [1.807, 2.05) is 0 Å². The van der Waals surface area contributed by atoms with Crippen molar-refractivity contribution in [1.82, 2.24) is 9.78 Å². The highest BCUT2D eigenvalue weighted by Gasteiger charge is 2.41. The van der Waals surface area contributed by atoms with E-state index in [4.69, 9.17) is 16.3 Å². The Labute approximate surface area is 153 Å². The van der Waals surface area contributed by atoms with Crippen LogP contribution in [0.4, 0.5) is 18.9 Å². The molecular weight excluding hydrogens is 371 g/mol. The maximum absolute atomic E-state index is 13.3. The van der Waals surface area contributed by atoms with Crippen molar-refractivity contribution in [3.63, 3.8) is 0 Å². The van der Waals surface area contributed by atoms with Gasteiger partial charge in [-0.1, -0.05) is 11.6 Å². The van der Waals surface area contributed by atoms with Crippen LogP contribution in [0.1, 0.15) is 29.0 Å². The summed E-state index contributed by atoms with van der Waals surface area (Å²) >= 11 is 5.83. The SMILES string of the molecule is Cn1nc(C(F)(F)F)c(N2CCC(Oc3ccc(Cl)cc3)CC2)c1C=O. The summed E-state index contributed by atoms with van der Waals surface area (Å²) in [6, 6.07) is 6.94. The van der Waals surface area contributed by atoms with Crippen molar-refractivity contribution in [2.45, 2.75) is 25.1 Å². The summed E-state index contributed by atoms with van der Waals surface area (Å²) < 4.78 is 46.7. The molecule has 5 nitrogen and oxygen atoms in total. The Hall–Kier alpha value is -2.22.